The number of phenolic OH excluding ortho intramolecular Hbond substituents is 1. The fourth-order valence-corrected chi connectivity index (χ4v) is 2.06. The Bertz CT molecular complexity index is 612. The van der Waals surface area contributed by atoms with Gasteiger partial charge in [0.25, 0.3) is 0 Å². The highest BCUT2D eigenvalue weighted by Crippen LogP contribution is 2.14. The lowest BCUT2D eigenvalue weighted by atomic mass is 10.1. The number of phenols is 1. The number of carboxylic acids is 1. The molecule has 0 fully saturated rings. The van der Waals surface area contributed by atoms with Crippen LogP contribution < -0.4 is 10.6 Å². The molecule has 22 heavy (non-hydrogen) atoms. The largest absolute Gasteiger partial charge is 0.508 e. The van der Waals surface area contributed by atoms with Crippen LogP contribution in [-0.4, -0.2) is 29.3 Å². The van der Waals surface area contributed by atoms with Gasteiger partial charge in [0.1, 0.15) is 5.75 Å². The molecule has 2 aromatic carbocycles. The van der Waals surface area contributed by atoms with Crippen molar-refractivity contribution >= 4 is 5.97 Å². The number of hydrogen-bond acceptors (Lipinski definition) is 4. The summed E-state index contributed by atoms with van der Waals surface area (Å²) in [6, 6.07) is 14.1. The number of nitrogens with one attached hydrogen (secondary N) is 2. The molecular formula is C17H20N2O3. The molecular weight excluding hydrogens is 280 g/mol. The second-order valence-corrected chi connectivity index (χ2v) is 4.98. The van der Waals surface area contributed by atoms with Crippen molar-refractivity contribution in [2.24, 2.45) is 0 Å². The molecule has 0 aromatic heterocycles. The van der Waals surface area contributed by atoms with Gasteiger partial charge in [-0.3, -0.25) is 0 Å². The van der Waals surface area contributed by atoms with Crippen LogP contribution in [0.1, 0.15) is 21.5 Å². The maximum Gasteiger partial charge on any atom is 0.335 e. The third-order valence-corrected chi connectivity index (χ3v) is 3.32. The standard InChI is InChI=1S/C17H20N2O3/c20-16-4-2-1-3-15(16)12-19-10-9-18-11-13-5-7-14(8-6-13)17(21)22/h1-8,18-20H,9-12H2,(H,21,22). The van der Waals surface area contributed by atoms with Crippen molar-refractivity contribution in [2.75, 3.05) is 13.1 Å². The van der Waals surface area contributed by atoms with Crippen LogP contribution in [-0.2, 0) is 13.1 Å². The fraction of sp³-hybridized carbons (Fsp3) is 0.235. The Morgan fingerprint density at radius 3 is 2.18 bits per heavy atom. The van der Waals surface area contributed by atoms with Crippen molar-refractivity contribution in [2.45, 2.75) is 13.1 Å². The van der Waals surface area contributed by atoms with E-state index in [1.165, 1.54) is 0 Å². The third kappa shape index (κ3) is 4.87. The van der Waals surface area contributed by atoms with Crippen LogP contribution in [0, 0.1) is 0 Å². The van der Waals surface area contributed by atoms with E-state index in [0.717, 1.165) is 24.2 Å². The van der Waals surface area contributed by atoms with E-state index < -0.39 is 5.97 Å². The van der Waals surface area contributed by atoms with Crippen LogP contribution in [0.2, 0.25) is 0 Å². The number of aromatic hydroxyl groups is 1. The Balaban J connectivity index is 1.63. The molecule has 4 N–H and O–H groups in total. The number of carbonyl (C=O) groups is 1. The Kier molecular flexibility index (Phi) is 5.94. The van der Waals surface area contributed by atoms with Gasteiger partial charge < -0.3 is 20.8 Å². The normalized spacial score (nSPS) is 10.5. The van der Waals surface area contributed by atoms with Crippen molar-refractivity contribution in [3.05, 3.63) is 65.2 Å². The monoisotopic (exact) mass is 300 g/mol. The predicted molar refractivity (Wildman–Crippen MR) is 84.9 cm³/mol. The summed E-state index contributed by atoms with van der Waals surface area (Å²) in [6.45, 7) is 2.88. The highest BCUT2D eigenvalue weighted by Gasteiger charge is 2.01. The summed E-state index contributed by atoms with van der Waals surface area (Å²) in [5, 5.41) is 25.0. The van der Waals surface area contributed by atoms with Crippen LogP contribution in [0.25, 0.3) is 0 Å². The average Bonchev–Trinajstić information content (AvgIpc) is 2.53. The molecule has 2 rings (SSSR count). The van der Waals surface area contributed by atoms with Crippen molar-refractivity contribution in [1.82, 2.24) is 10.6 Å². The van der Waals surface area contributed by atoms with E-state index in [0.29, 0.717) is 24.4 Å². The van der Waals surface area contributed by atoms with E-state index in [9.17, 15) is 9.90 Å². The molecule has 5 nitrogen and oxygen atoms in total. The van der Waals surface area contributed by atoms with Crippen LogP contribution in [0.3, 0.4) is 0 Å². The SMILES string of the molecule is O=C(O)c1ccc(CNCCNCc2ccccc2O)cc1. The summed E-state index contributed by atoms with van der Waals surface area (Å²) in [6.07, 6.45) is 0. The molecule has 0 saturated heterocycles. The van der Waals surface area contributed by atoms with Gasteiger partial charge in [-0.25, -0.2) is 4.79 Å². The number of hydrogen-bond donors (Lipinski definition) is 4. The van der Waals surface area contributed by atoms with Gasteiger partial charge in [-0.15, -0.1) is 0 Å². The topological polar surface area (TPSA) is 81.6 Å². The van der Waals surface area contributed by atoms with Crippen LogP contribution in [0.15, 0.2) is 48.5 Å². The Morgan fingerprint density at radius 1 is 0.909 bits per heavy atom. The Morgan fingerprint density at radius 2 is 1.55 bits per heavy atom. The third-order valence-electron chi connectivity index (χ3n) is 3.32. The summed E-state index contributed by atoms with van der Waals surface area (Å²) < 4.78 is 0. The van der Waals surface area contributed by atoms with Crippen molar-refractivity contribution in [1.29, 1.82) is 0 Å². The second-order valence-electron chi connectivity index (χ2n) is 4.98. The molecule has 0 bridgehead atoms. The van der Waals surface area contributed by atoms with Gasteiger partial charge in [0.15, 0.2) is 0 Å². The molecule has 0 aliphatic carbocycles. The minimum Gasteiger partial charge on any atom is -0.508 e. The first kappa shape index (κ1) is 16.0. The molecule has 0 heterocycles. The lowest BCUT2D eigenvalue weighted by Gasteiger charge is -2.08. The summed E-state index contributed by atoms with van der Waals surface area (Å²) in [5.41, 5.74) is 2.23. The summed E-state index contributed by atoms with van der Waals surface area (Å²) in [4.78, 5) is 10.7. The quantitative estimate of drug-likeness (QED) is 0.560. The van der Waals surface area contributed by atoms with Gasteiger partial charge in [-0.2, -0.15) is 0 Å². The van der Waals surface area contributed by atoms with Crippen LogP contribution in [0.5, 0.6) is 5.75 Å². The zero-order valence-corrected chi connectivity index (χ0v) is 12.2. The number of rotatable bonds is 8. The van der Waals surface area contributed by atoms with E-state index in [2.05, 4.69) is 10.6 Å². The lowest BCUT2D eigenvalue weighted by Crippen LogP contribution is -2.26. The maximum atomic E-state index is 10.7. The highest BCUT2D eigenvalue weighted by atomic mass is 16.4. The van der Waals surface area contributed by atoms with Crippen molar-refractivity contribution in [3.8, 4) is 5.75 Å². The minimum atomic E-state index is -0.909. The molecule has 0 radical (unpaired) electrons. The van der Waals surface area contributed by atoms with E-state index in [1.807, 2.05) is 24.3 Å². The molecule has 0 unspecified atom stereocenters. The Hall–Kier alpha value is -2.37. The van der Waals surface area contributed by atoms with Crippen molar-refractivity contribution < 1.29 is 15.0 Å². The molecule has 5 heteroatoms. The predicted octanol–water partition coefficient (Wildman–Crippen LogP) is 1.97. The zero-order chi connectivity index (χ0) is 15.8. The summed E-state index contributed by atoms with van der Waals surface area (Å²) in [7, 11) is 0. The van der Waals surface area contributed by atoms with E-state index >= 15 is 0 Å². The molecule has 0 aliphatic heterocycles. The minimum absolute atomic E-state index is 0.299. The maximum absolute atomic E-state index is 10.7. The van der Waals surface area contributed by atoms with Gasteiger partial charge >= 0.3 is 5.97 Å². The molecule has 0 amide bonds. The highest BCUT2D eigenvalue weighted by molar-refractivity contribution is 5.87. The molecule has 0 spiro atoms. The first-order valence-corrected chi connectivity index (χ1v) is 7.17. The van der Waals surface area contributed by atoms with Gasteiger partial charge in [0.2, 0.25) is 0 Å². The van der Waals surface area contributed by atoms with Crippen LogP contribution in [0.4, 0.5) is 0 Å². The van der Waals surface area contributed by atoms with E-state index in [4.69, 9.17) is 5.11 Å². The summed E-state index contributed by atoms with van der Waals surface area (Å²) in [5.74, 6) is -0.602. The average molecular weight is 300 g/mol. The smallest absolute Gasteiger partial charge is 0.335 e. The number of benzene rings is 2. The van der Waals surface area contributed by atoms with Gasteiger partial charge in [0, 0.05) is 31.7 Å². The van der Waals surface area contributed by atoms with Gasteiger partial charge in [-0.1, -0.05) is 30.3 Å². The molecule has 2 aromatic rings. The second kappa shape index (κ2) is 8.17. The van der Waals surface area contributed by atoms with E-state index in [1.54, 1.807) is 24.3 Å². The van der Waals surface area contributed by atoms with Gasteiger partial charge in [0.05, 0.1) is 5.56 Å². The zero-order valence-electron chi connectivity index (χ0n) is 12.2. The van der Waals surface area contributed by atoms with Gasteiger partial charge in [-0.05, 0) is 23.8 Å². The lowest BCUT2D eigenvalue weighted by molar-refractivity contribution is 0.0697. The summed E-state index contributed by atoms with van der Waals surface area (Å²) >= 11 is 0. The fourth-order valence-electron chi connectivity index (χ4n) is 2.06. The Labute approximate surface area is 129 Å². The molecule has 0 atom stereocenters. The first-order chi connectivity index (χ1) is 10.7. The number of aromatic carboxylic acids is 1. The molecule has 0 aliphatic rings. The van der Waals surface area contributed by atoms with Crippen molar-refractivity contribution in [3.63, 3.8) is 0 Å². The number of para-hydroxylation sites is 1. The number of carboxylic acid groups (broad SMARTS) is 1. The molecule has 116 valence electrons. The van der Waals surface area contributed by atoms with E-state index in [-0.39, 0.29) is 0 Å². The van der Waals surface area contributed by atoms with Crippen LogP contribution >= 0.6 is 0 Å². The first-order valence-electron chi connectivity index (χ1n) is 7.17. The molecule has 0 saturated carbocycles.